The van der Waals surface area contributed by atoms with Crippen molar-refractivity contribution in [3.63, 3.8) is 0 Å². The van der Waals surface area contributed by atoms with E-state index in [0.717, 1.165) is 44.1 Å². The van der Waals surface area contributed by atoms with Crippen molar-refractivity contribution in [3.05, 3.63) is 47.8 Å². The summed E-state index contributed by atoms with van der Waals surface area (Å²) in [6.07, 6.45) is 7.56. The molecule has 0 spiro atoms. The normalized spacial score (nSPS) is 20.7. The van der Waals surface area contributed by atoms with Gasteiger partial charge in [0.1, 0.15) is 12.1 Å². The summed E-state index contributed by atoms with van der Waals surface area (Å²) in [6.45, 7) is 1.68. The molecule has 0 bridgehead atoms. The van der Waals surface area contributed by atoms with Crippen LogP contribution in [-0.2, 0) is 17.8 Å². The molecule has 1 saturated carbocycles. The molecule has 1 amide bonds. The van der Waals surface area contributed by atoms with Crippen molar-refractivity contribution in [1.82, 2.24) is 19.7 Å². The van der Waals surface area contributed by atoms with Crippen LogP contribution >= 0.6 is 0 Å². The third-order valence-electron chi connectivity index (χ3n) is 5.16. The van der Waals surface area contributed by atoms with Gasteiger partial charge < -0.3 is 9.47 Å². The van der Waals surface area contributed by atoms with Crippen LogP contribution in [0.2, 0.25) is 0 Å². The average molecular weight is 342 g/mol. The van der Waals surface area contributed by atoms with Crippen molar-refractivity contribution >= 4 is 5.91 Å². The first-order valence-electron chi connectivity index (χ1n) is 9.12. The Kier molecular flexibility index (Phi) is 4.51. The Hall–Kier alpha value is -2.24. The van der Waals surface area contributed by atoms with Gasteiger partial charge in [0.05, 0.1) is 12.5 Å². The predicted molar refractivity (Wildman–Crippen MR) is 91.2 cm³/mol. The molecule has 1 aromatic heterocycles. The summed E-state index contributed by atoms with van der Waals surface area (Å²) in [5.74, 6) is 1.37. The maximum atomic E-state index is 13.4. The van der Waals surface area contributed by atoms with Gasteiger partial charge in [-0.1, -0.05) is 12.1 Å². The molecule has 2 aromatic rings. The molecule has 1 aromatic carbocycles. The van der Waals surface area contributed by atoms with Crippen molar-refractivity contribution in [3.8, 4) is 0 Å². The topological polar surface area (TPSA) is 51.0 Å². The molecule has 2 heterocycles. The first-order chi connectivity index (χ1) is 12.2. The largest absolute Gasteiger partial charge is 0.332 e. The van der Waals surface area contributed by atoms with Crippen LogP contribution in [0.4, 0.5) is 4.39 Å². The smallest absolute Gasteiger partial charge is 0.227 e. The van der Waals surface area contributed by atoms with E-state index in [9.17, 15) is 9.18 Å². The monoisotopic (exact) mass is 342 g/mol. The maximum absolute atomic E-state index is 13.4. The lowest BCUT2D eigenvalue weighted by atomic mass is 10.00. The predicted octanol–water partition coefficient (Wildman–Crippen LogP) is 3.12. The number of hydrogen-bond donors (Lipinski definition) is 0. The van der Waals surface area contributed by atoms with Crippen molar-refractivity contribution in [2.75, 3.05) is 6.54 Å². The van der Waals surface area contributed by atoms with E-state index in [1.807, 2.05) is 4.90 Å². The van der Waals surface area contributed by atoms with E-state index in [4.69, 9.17) is 0 Å². The van der Waals surface area contributed by atoms with Crippen LogP contribution in [0.25, 0.3) is 0 Å². The second-order valence-electron chi connectivity index (χ2n) is 7.19. The Morgan fingerprint density at radius 3 is 2.92 bits per heavy atom. The minimum Gasteiger partial charge on any atom is -0.332 e. The van der Waals surface area contributed by atoms with E-state index < -0.39 is 0 Å². The second kappa shape index (κ2) is 6.94. The lowest BCUT2D eigenvalue weighted by molar-refractivity contribution is -0.134. The molecule has 2 fully saturated rings. The second-order valence-corrected chi connectivity index (χ2v) is 7.19. The van der Waals surface area contributed by atoms with Gasteiger partial charge >= 0.3 is 0 Å². The number of amides is 1. The van der Waals surface area contributed by atoms with Crippen LogP contribution < -0.4 is 0 Å². The number of piperidine rings is 1. The van der Waals surface area contributed by atoms with Crippen LogP contribution in [0, 0.1) is 11.7 Å². The maximum Gasteiger partial charge on any atom is 0.227 e. The molecule has 6 heteroatoms. The molecule has 5 nitrogen and oxygen atoms in total. The van der Waals surface area contributed by atoms with Crippen molar-refractivity contribution in [1.29, 1.82) is 0 Å². The zero-order valence-electron chi connectivity index (χ0n) is 14.3. The molecule has 2 aliphatic rings. The molecule has 1 aliphatic heterocycles. The molecular formula is C19H23FN4O. The van der Waals surface area contributed by atoms with Crippen molar-refractivity contribution in [2.45, 2.75) is 51.1 Å². The fraction of sp³-hybridized carbons (Fsp3) is 0.526. The van der Waals surface area contributed by atoms with Gasteiger partial charge in [-0.3, -0.25) is 4.79 Å². The lowest BCUT2D eigenvalue weighted by Gasteiger charge is -2.35. The number of carbonyl (C=O) groups excluding carboxylic acids is 1. The van der Waals surface area contributed by atoms with Crippen LogP contribution in [0.15, 0.2) is 30.6 Å². The highest BCUT2D eigenvalue weighted by atomic mass is 19.1. The summed E-state index contributed by atoms with van der Waals surface area (Å²) in [5.41, 5.74) is 0.716. The zero-order valence-corrected chi connectivity index (χ0v) is 14.3. The van der Waals surface area contributed by atoms with Crippen molar-refractivity contribution in [2.24, 2.45) is 5.92 Å². The zero-order chi connectivity index (χ0) is 17.2. The van der Waals surface area contributed by atoms with Crippen LogP contribution in [-0.4, -0.2) is 32.1 Å². The van der Waals surface area contributed by atoms with Gasteiger partial charge in [0.25, 0.3) is 0 Å². The summed E-state index contributed by atoms with van der Waals surface area (Å²) in [4.78, 5) is 14.8. The number of rotatable bonds is 5. The van der Waals surface area contributed by atoms with Crippen LogP contribution in [0.3, 0.4) is 0 Å². The number of likely N-dealkylation sites (tertiary alicyclic amines) is 1. The Morgan fingerprint density at radius 1 is 1.24 bits per heavy atom. The number of hydrogen-bond acceptors (Lipinski definition) is 3. The van der Waals surface area contributed by atoms with E-state index >= 15 is 0 Å². The molecule has 132 valence electrons. The van der Waals surface area contributed by atoms with E-state index in [2.05, 4.69) is 14.8 Å². The minimum absolute atomic E-state index is 0.0175. The number of halogens is 1. The summed E-state index contributed by atoms with van der Waals surface area (Å²) < 4.78 is 15.5. The lowest BCUT2D eigenvalue weighted by Crippen LogP contribution is -2.40. The standard InChI is InChI=1S/C19H23FN4O/c20-16-5-3-4-15(10-16)11-18(25)24-9-2-1-6-17(24)19-22-21-13-23(19)12-14-7-8-14/h3-5,10,13-14,17H,1-2,6-9,11-12H2. The fourth-order valence-electron chi connectivity index (χ4n) is 3.66. The number of nitrogens with zero attached hydrogens (tertiary/aromatic N) is 4. The van der Waals surface area contributed by atoms with Gasteiger partial charge in [0, 0.05) is 13.1 Å². The van der Waals surface area contributed by atoms with Crippen LogP contribution in [0.1, 0.15) is 49.5 Å². The van der Waals surface area contributed by atoms with Gasteiger partial charge in [0.15, 0.2) is 5.82 Å². The van der Waals surface area contributed by atoms with E-state index in [0.29, 0.717) is 5.56 Å². The highest BCUT2D eigenvalue weighted by molar-refractivity contribution is 5.79. The molecule has 0 N–H and O–H groups in total. The summed E-state index contributed by atoms with van der Waals surface area (Å²) in [5, 5.41) is 8.43. The van der Waals surface area contributed by atoms with Gasteiger partial charge in [0.2, 0.25) is 5.91 Å². The summed E-state index contributed by atoms with van der Waals surface area (Å²) in [7, 11) is 0. The van der Waals surface area contributed by atoms with Gasteiger partial charge in [-0.2, -0.15) is 0 Å². The average Bonchev–Trinajstić information content (AvgIpc) is 3.30. The Morgan fingerprint density at radius 2 is 2.12 bits per heavy atom. The molecule has 1 aliphatic carbocycles. The number of benzene rings is 1. The molecular weight excluding hydrogens is 319 g/mol. The van der Waals surface area contributed by atoms with E-state index in [1.54, 1.807) is 18.5 Å². The minimum atomic E-state index is -0.301. The van der Waals surface area contributed by atoms with Gasteiger partial charge in [-0.25, -0.2) is 4.39 Å². The highest BCUT2D eigenvalue weighted by Gasteiger charge is 2.32. The molecule has 0 radical (unpaired) electrons. The fourth-order valence-corrected chi connectivity index (χ4v) is 3.66. The molecule has 1 unspecified atom stereocenters. The molecule has 1 atom stereocenters. The molecule has 4 rings (SSSR count). The van der Waals surface area contributed by atoms with Gasteiger partial charge in [-0.05, 0) is 55.7 Å². The van der Waals surface area contributed by atoms with Crippen molar-refractivity contribution < 1.29 is 9.18 Å². The molecule has 25 heavy (non-hydrogen) atoms. The Bertz CT molecular complexity index is 755. The first-order valence-corrected chi connectivity index (χ1v) is 9.12. The molecule has 1 saturated heterocycles. The van der Waals surface area contributed by atoms with E-state index in [1.165, 1.54) is 25.0 Å². The highest BCUT2D eigenvalue weighted by Crippen LogP contribution is 2.34. The third kappa shape index (κ3) is 3.72. The Balaban J connectivity index is 1.52. The van der Waals surface area contributed by atoms with Gasteiger partial charge in [-0.15, -0.1) is 10.2 Å². The summed E-state index contributed by atoms with van der Waals surface area (Å²) in [6, 6.07) is 6.27. The SMILES string of the molecule is O=C(Cc1cccc(F)c1)N1CCCCC1c1nncn1CC1CC1. The van der Waals surface area contributed by atoms with E-state index in [-0.39, 0.29) is 24.2 Å². The summed E-state index contributed by atoms with van der Waals surface area (Å²) >= 11 is 0. The third-order valence-corrected chi connectivity index (χ3v) is 5.16. The number of carbonyl (C=O) groups is 1. The first kappa shape index (κ1) is 16.2. The number of aromatic nitrogens is 3. The Labute approximate surface area is 146 Å². The van der Waals surface area contributed by atoms with Crippen LogP contribution in [0.5, 0.6) is 0 Å². The quantitative estimate of drug-likeness (QED) is 0.839.